The SMILES string of the molecule is C=CC1CCCC(C(C=O)CC)C1. The van der Waals surface area contributed by atoms with Gasteiger partial charge in [0.05, 0.1) is 0 Å². The van der Waals surface area contributed by atoms with Crippen LogP contribution in [0, 0.1) is 17.8 Å². The Hall–Kier alpha value is -0.590. The molecule has 13 heavy (non-hydrogen) atoms. The Morgan fingerprint density at radius 2 is 2.31 bits per heavy atom. The summed E-state index contributed by atoms with van der Waals surface area (Å²) < 4.78 is 0. The topological polar surface area (TPSA) is 17.1 Å². The van der Waals surface area contributed by atoms with Crippen LogP contribution in [-0.4, -0.2) is 6.29 Å². The van der Waals surface area contributed by atoms with Gasteiger partial charge in [-0.3, -0.25) is 0 Å². The second-order valence-corrected chi connectivity index (χ2v) is 4.13. The molecule has 1 saturated carbocycles. The Morgan fingerprint density at radius 1 is 1.54 bits per heavy atom. The molecule has 0 saturated heterocycles. The Labute approximate surface area is 81.2 Å². The van der Waals surface area contributed by atoms with Crippen LogP contribution in [0.2, 0.25) is 0 Å². The molecule has 1 fully saturated rings. The molecular formula is C12H20O. The summed E-state index contributed by atoms with van der Waals surface area (Å²) in [4.78, 5) is 10.8. The summed E-state index contributed by atoms with van der Waals surface area (Å²) in [6.45, 7) is 5.95. The normalized spacial score (nSPS) is 30.8. The maximum atomic E-state index is 10.8. The predicted molar refractivity (Wildman–Crippen MR) is 55.5 cm³/mol. The number of allylic oxidation sites excluding steroid dienone is 1. The van der Waals surface area contributed by atoms with Gasteiger partial charge in [-0.05, 0) is 37.5 Å². The minimum Gasteiger partial charge on any atom is -0.303 e. The minimum atomic E-state index is 0.294. The highest BCUT2D eigenvalue weighted by Gasteiger charge is 2.25. The van der Waals surface area contributed by atoms with Crippen LogP contribution >= 0.6 is 0 Å². The van der Waals surface area contributed by atoms with Crippen LogP contribution in [0.3, 0.4) is 0 Å². The fraction of sp³-hybridized carbons (Fsp3) is 0.750. The van der Waals surface area contributed by atoms with Crippen molar-refractivity contribution in [2.45, 2.75) is 39.0 Å². The van der Waals surface area contributed by atoms with Crippen molar-refractivity contribution >= 4 is 6.29 Å². The van der Waals surface area contributed by atoms with Gasteiger partial charge in [0.1, 0.15) is 6.29 Å². The summed E-state index contributed by atoms with van der Waals surface area (Å²) in [5, 5.41) is 0. The molecule has 1 nitrogen and oxygen atoms in total. The van der Waals surface area contributed by atoms with Crippen molar-refractivity contribution < 1.29 is 4.79 Å². The fourth-order valence-corrected chi connectivity index (χ4v) is 2.41. The predicted octanol–water partition coefficient (Wildman–Crippen LogP) is 3.20. The Morgan fingerprint density at radius 3 is 2.85 bits per heavy atom. The van der Waals surface area contributed by atoms with Crippen LogP contribution in [0.4, 0.5) is 0 Å². The molecule has 0 aliphatic heterocycles. The standard InChI is InChI=1S/C12H20O/c1-3-10-6-5-7-12(8-10)11(4-2)9-13/h3,9-12H,1,4-8H2,2H3. The van der Waals surface area contributed by atoms with E-state index in [1.165, 1.54) is 25.7 Å². The summed E-state index contributed by atoms with van der Waals surface area (Å²) in [5.41, 5.74) is 0. The number of aldehydes is 1. The summed E-state index contributed by atoms with van der Waals surface area (Å²) in [7, 11) is 0. The van der Waals surface area contributed by atoms with Gasteiger partial charge in [-0.2, -0.15) is 0 Å². The Bertz CT molecular complexity index is 174. The molecule has 0 heterocycles. The molecule has 0 N–H and O–H groups in total. The highest BCUT2D eigenvalue weighted by atomic mass is 16.1. The average molecular weight is 180 g/mol. The van der Waals surface area contributed by atoms with E-state index in [4.69, 9.17) is 0 Å². The van der Waals surface area contributed by atoms with Crippen molar-refractivity contribution in [2.24, 2.45) is 17.8 Å². The van der Waals surface area contributed by atoms with Crippen LogP contribution in [0.15, 0.2) is 12.7 Å². The lowest BCUT2D eigenvalue weighted by Crippen LogP contribution is -2.22. The van der Waals surface area contributed by atoms with Crippen LogP contribution in [0.1, 0.15) is 39.0 Å². The highest BCUT2D eigenvalue weighted by molar-refractivity contribution is 5.53. The molecule has 0 radical (unpaired) electrons. The van der Waals surface area contributed by atoms with Crippen LogP contribution < -0.4 is 0 Å². The zero-order valence-electron chi connectivity index (χ0n) is 8.54. The summed E-state index contributed by atoms with van der Waals surface area (Å²) >= 11 is 0. The maximum Gasteiger partial charge on any atom is 0.123 e. The molecule has 0 bridgehead atoms. The van der Waals surface area contributed by atoms with Gasteiger partial charge in [0.25, 0.3) is 0 Å². The zero-order chi connectivity index (χ0) is 9.68. The van der Waals surface area contributed by atoms with Gasteiger partial charge < -0.3 is 4.79 Å². The van der Waals surface area contributed by atoms with E-state index in [-0.39, 0.29) is 0 Å². The average Bonchev–Trinajstić information content (AvgIpc) is 2.20. The highest BCUT2D eigenvalue weighted by Crippen LogP contribution is 2.34. The van der Waals surface area contributed by atoms with Gasteiger partial charge in [-0.25, -0.2) is 0 Å². The third-order valence-corrected chi connectivity index (χ3v) is 3.34. The van der Waals surface area contributed by atoms with E-state index in [1.54, 1.807) is 0 Å². The summed E-state index contributed by atoms with van der Waals surface area (Å²) in [5.74, 6) is 1.58. The number of carbonyl (C=O) groups is 1. The Balaban J connectivity index is 2.49. The van der Waals surface area contributed by atoms with E-state index >= 15 is 0 Å². The molecule has 1 aliphatic carbocycles. The van der Waals surface area contributed by atoms with Crippen LogP contribution in [0.5, 0.6) is 0 Å². The molecule has 1 aliphatic rings. The van der Waals surface area contributed by atoms with Gasteiger partial charge in [-0.1, -0.05) is 19.4 Å². The number of hydrogen-bond acceptors (Lipinski definition) is 1. The van der Waals surface area contributed by atoms with Crippen molar-refractivity contribution in [3.8, 4) is 0 Å². The van der Waals surface area contributed by atoms with Crippen molar-refractivity contribution in [2.75, 3.05) is 0 Å². The lowest BCUT2D eigenvalue weighted by atomic mass is 9.75. The van der Waals surface area contributed by atoms with Crippen LogP contribution in [0.25, 0.3) is 0 Å². The van der Waals surface area contributed by atoms with Gasteiger partial charge in [0.2, 0.25) is 0 Å². The van der Waals surface area contributed by atoms with E-state index in [1.807, 2.05) is 0 Å². The Kier molecular flexibility index (Phi) is 4.20. The van der Waals surface area contributed by atoms with Crippen molar-refractivity contribution in [1.82, 2.24) is 0 Å². The molecule has 0 aromatic rings. The van der Waals surface area contributed by atoms with Crippen molar-refractivity contribution in [1.29, 1.82) is 0 Å². The zero-order valence-corrected chi connectivity index (χ0v) is 8.54. The number of hydrogen-bond donors (Lipinski definition) is 0. The third-order valence-electron chi connectivity index (χ3n) is 3.34. The molecule has 3 unspecified atom stereocenters. The number of rotatable bonds is 4. The molecule has 0 aromatic carbocycles. The quantitative estimate of drug-likeness (QED) is 0.479. The first kappa shape index (κ1) is 10.5. The van der Waals surface area contributed by atoms with Crippen molar-refractivity contribution in [3.05, 3.63) is 12.7 Å². The van der Waals surface area contributed by atoms with E-state index < -0.39 is 0 Å². The van der Waals surface area contributed by atoms with Gasteiger partial charge >= 0.3 is 0 Å². The smallest absolute Gasteiger partial charge is 0.123 e. The first-order valence-electron chi connectivity index (χ1n) is 5.39. The second kappa shape index (κ2) is 5.21. The van der Waals surface area contributed by atoms with Crippen molar-refractivity contribution in [3.63, 3.8) is 0 Å². The molecular weight excluding hydrogens is 160 g/mol. The molecule has 0 spiro atoms. The maximum absolute atomic E-state index is 10.8. The van der Waals surface area contributed by atoms with E-state index in [9.17, 15) is 4.79 Å². The van der Waals surface area contributed by atoms with E-state index in [2.05, 4.69) is 19.6 Å². The molecule has 3 atom stereocenters. The third kappa shape index (κ3) is 2.68. The fourth-order valence-electron chi connectivity index (χ4n) is 2.41. The van der Waals surface area contributed by atoms with Gasteiger partial charge in [0, 0.05) is 5.92 Å². The summed E-state index contributed by atoms with van der Waals surface area (Å²) in [6.07, 6.45) is 9.17. The first-order valence-corrected chi connectivity index (χ1v) is 5.39. The molecule has 0 amide bonds. The minimum absolute atomic E-state index is 0.294. The lowest BCUT2D eigenvalue weighted by molar-refractivity contribution is -0.113. The first-order chi connectivity index (χ1) is 6.31. The number of carbonyl (C=O) groups excluding carboxylic acids is 1. The van der Waals surface area contributed by atoms with Gasteiger partial charge in [0.15, 0.2) is 0 Å². The van der Waals surface area contributed by atoms with E-state index in [0.29, 0.717) is 17.8 Å². The molecule has 1 rings (SSSR count). The van der Waals surface area contributed by atoms with Crippen LogP contribution in [-0.2, 0) is 4.79 Å². The summed E-state index contributed by atoms with van der Waals surface area (Å²) in [6, 6.07) is 0. The molecule has 0 aromatic heterocycles. The molecule has 74 valence electrons. The largest absolute Gasteiger partial charge is 0.303 e. The van der Waals surface area contributed by atoms with E-state index in [0.717, 1.165) is 12.7 Å². The second-order valence-electron chi connectivity index (χ2n) is 4.13. The monoisotopic (exact) mass is 180 g/mol. The lowest BCUT2D eigenvalue weighted by Gasteiger charge is -2.30. The molecule has 1 heteroatoms. The van der Waals surface area contributed by atoms with Gasteiger partial charge in [-0.15, -0.1) is 6.58 Å².